The minimum Gasteiger partial charge on any atom is -0.481 e. The van der Waals surface area contributed by atoms with E-state index in [1.54, 1.807) is 0 Å². The molecule has 0 aromatic heterocycles. The first-order chi connectivity index (χ1) is 18.1. The fourth-order valence-corrected chi connectivity index (χ4v) is 5.50. The fraction of sp³-hybridized carbons (Fsp3) is 0.559. The molecule has 3 N–H and O–H groups in total. The van der Waals surface area contributed by atoms with Crippen molar-refractivity contribution in [2.75, 3.05) is 6.54 Å². The lowest BCUT2D eigenvalue weighted by Gasteiger charge is -2.28. The van der Waals surface area contributed by atoms with E-state index in [9.17, 15) is 9.90 Å². The summed E-state index contributed by atoms with van der Waals surface area (Å²) in [4.78, 5) is 11.8. The van der Waals surface area contributed by atoms with Crippen LogP contribution in [0.1, 0.15) is 95.1 Å². The van der Waals surface area contributed by atoms with Gasteiger partial charge >= 0.3 is 5.97 Å². The molecule has 2 rings (SSSR count). The Morgan fingerprint density at radius 2 is 1.43 bits per heavy atom. The van der Waals surface area contributed by atoms with E-state index in [1.807, 2.05) is 6.07 Å². The van der Waals surface area contributed by atoms with E-state index >= 15 is 0 Å². The standard InChI is InChI=1S/C34H51NO2/c1-2-3-4-5-6-7-10-19-31(21-20-29-15-11-8-12-16-29)22-24-32(26-27-35)33(28-34(36)37)25-23-30-17-13-9-14-18-30/h7-18,31-33H,2-6,19-28,35H2,1H3,(H,36,37)/b10-7-/t31-,32+,33+/m0/s1. The normalized spacial score (nSPS) is 14.0. The molecule has 0 heterocycles. The maximum absolute atomic E-state index is 11.8. The van der Waals surface area contributed by atoms with E-state index < -0.39 is 5.97 Å². The van der Waals surface area contributed by atoms with Gasteiger partial charge in [0.25, 0.3) is 0 Å². The van der Waals surface area contributed by atoms with Gasteiger partial charge in [-0.3, -0.25) is 4.79 Å². The van der Waals surface area contributed by atoms with Crippen LogP contribution in [0.5, 0.6) is 0 Å². The van der Waals surface area contributed by atoms with Crippen molar-refractivity contribution in [1.82, 2.24) is 0 Å². The second-order valence-electron chi connectivity index (χ2n) is 10.7. The van der Waals surface area contributed by atoms with E-state index in [0.29, 0.717) is 18.4 Å². The van der Waals surface area contributed by atoms with Crippen molar-refractivity contribution in [2.24, 2.45) is 23.5 Å². The van der Waals surface area contributed by atoms with Crippen molar-refractivity contribution in [2.45, 2.75) is 96.8 Å². The minimum atomic E-state index is -0.688. The lowest BCUT2D eigenvalue weighted by atomic mass is 9.78. The third-order valence-corrected chi connectivity index (χ3v) is 7.78. The highest BCUT2D eigenvalue weighted by Crippen LogP contribution is 2.32. The first-order valence-electron chi connectivity index (χ1n) is 14.8. The smallest absolute Gasteiger partial charge is 0.303 e. The highest BCUT2D eigenvalue weighted by molar-refractivity contribution is 5.67. The lowest BCUT2D eigenvalue weighted by Crippen LogP contribution is -2.23. The van der Waals surface area contributed by atoms with Gasteiger partial charge < -0.3 is 10.8 Å². The van der Waals surface area contributed by atoms with Crippen molar-refractivity contribution >= 4 is 5.97 Å². The van der Waals surface area contributed by atoms with Gasteiger partial charge in [0.15, 0.2) is 0 Å². The molecule has 0 aliphatic carbocycles. The van der Waals surface area contributed by atoms with Gasteiger partial charge in [-0.25, -0.2) is 0 Å². The maximum Gasteiger partial charge on any atom is 0.303 e. The molecule has 3 nitrogen and oxygen atoms in total. The molecular formula is C34H51NO2. The minimum absolute atomic E-state index is 0.171. The van der Waals surface area contributed by atoms with Crippen LogP contribution in [-0.4, -0.2) is 17.6 Å². The summed E-state index contributed by atoms with van der Waals surface area (Å²) >= 11 is 0. The first kappa shape index (κ1) is 30.8. The molecule has 0 aliphatic rings. The SMILES string of the molecule is CCCCCC/C=C\C[C@@H](CCc1ccccc1)CC[C@H](CCN)[C@H](CCc1ccccc1)CC(=O)O. The second-order valence-corrected chi connectivity index (χ2v) is 10.7. The number of aliphatic carboxylic acids is 1. The highest BCUT2D eigenvalue weighted by Gasteiger charge is 2.24. The summed E-state index contributed by atoms with van der Waals surface area (Å²) in [6.45, 7) is 2.88. The predicted molar refractivity (Wildman–Crippen MR) is 158 cm³/mol. The molecule has 0 radical (unpaired) electrons. The molecule has 0 spiro atoms. The van der Waals surface area contributed by atoms with E-state index in [2.05, 4.69) is 73.7 Å². The average Bonchev–Trinajstić information content (AvgIpc) is 2.91. The van der Waals surface area contributed by atoms with Crippen LogP contribution < -0.4 is 5.73 Å². The Bertz CT molecular complexity index is 849. The van der Waals surface area contributed by atoms with Gasteiger partial charge in [0.05, 0.1) is 0 Å². The van der Waals surface area contributed by atoms with Crippen molar-refractivity contribution < 1.29 is 9.90 Å². The predicted octanol–water partition coefficient (Wildman–Crippen LogP) is 8.62. The monoisotopic (exact) mass is 505 g/mol. The molecular weight excluding hydrogens is 454 g/mol. The van der Waals surface area contributed by atoms with Crippen molar-refractivity contribution in [3.63, 3.8) is 0 Å². The Balaban J connectivity index is 1.99. The summed E-state index contributed by atoms with van der Waals surface area (Å²) in [6, 6.07) is 21.2. The van der Waals surface area contributed by atoms with Gasteiger partial charge in [-0.1, -0.05) is 99.0 Å². The van der Waals surface area contributed by atoms with Gasteiger partial charge in [-0.2, -0.15) is 0 Å². The molecule has 204 valence electrons. The van der Waals surface area contributed by atoms with Crippen molar-refractivity contribution in [3.8, 4) is 0 Å². The van der Waals surface area contributed by atoms with Gasteiger partial charge in [0, 0.05) is 6.42 Å². The number of hydrogen-bond donors (Lipinski definition) is 2. The van der Waals surface area contributed by atoms with Crippen LogP contribution >= 0.6 is 0 Å². The third-order valence-electron chi connectivity index (χ3n) is 7.78. The number of benzene rings is 2. The Labute approximate surface area is 226 Å². The molecule has 3 atom stereocenters. The number of carboxylic acid groups (broad SMARTS) is 1. The number of hydrogen-bond acceptors (Lipinski definition) is 2. The molecule has 0 bridgehead atoms. The quantitative estimate of drug-likeness (QED) is 0.132. The zero-order chi connectivity index (χ0) is 26.6. The molecule has 2 aromatic carbocycles. The molecule has 0 aliphatic heterocycles. The highest BCUT2D eigenvalue weighted by atomic mass is 16.4. The summed E-state index contributed by atoms with van der Waals surface area (Å²) in [5.41, 5.74) is 8.73. The van der Waals surface area contributed by atoms with Crippen LogP contribution in [0.15, 0.2) is 72.8 Å². The Kier molecular flexibility index (Phi) is 16.4. The molecule has 0 amide bonds. The number of carbonyl (C=O) groups is 1. The number of nitrogens with two attached hydrogens (primary N) is 1. The molecule has 2 aromatic rings. The molecule has 0 saturated carbocycles. The van der Waals surface area contributed by atoms with Gasteiger partial charge in [-0.15, -0.1) is 0 Å². The van der Waals surface area contributed by atoms with Crippen LogP contribution in [-0.2, 0) is 17.6 Å². The molecule has 0 unspecified atom stereocenters. The molecule has 0 saturated heterocycles. The molecule has 37 heavy (non-hydrogen) atoms. The second kappa shape index (κ2) is 19.7. The summed E-state index contributed by atoms with van der Waals surface area (Å²) in [5.74, 6) is 0.464. The Hall–Kier alpha value is -2.39. The van der Waals surface area contributed by atoms with Crippen LogP contribution in [0.3, 0.4) is 0 Å². The van der Waals surface area contributed by atoms with Crippen LogP contribution in [0.2, 0.25) is 0 Å². The van der Waals surface area contributed by atoms with Crippen molar-refractivity contribution in [3.05, 3.63) is 83.9 Å². The van der Waals surface area contributed by atoms with Crippen LogP contribution in [0.4, 0.5) is 0 Å². The zero-order valence-electron chi connectivity index (χ0n) is 23.2. The summed E-state index contributed by atoms with van der Waals surface area (Å²) < 4.78 is 0. The number of carboxylic acids is 1. The lowest BCUT2D eigenvalue weighted by molar-refractivity contribution is -0.138. The molecule has 3 heteroatoms. The van der Waals surface area contributed by atoms with Gasteiger partial charge in [0.2, 0.25) is 0 Å². The maximum atomic E-state index is 11.8. The fourth-order valence-electron chi connectivity index (χ4n) is 5.50. The van der Waals surface area contributed by atoms with Crippen LogP contribution in [0, 0.1) is 17.8 Å². The summed E-state index contributed by atoms with van der Waals surface area (Å²) in [7, 11) is 0. The number of rotatable bonds is 21. The largest absolute Gasteiger partial charge is 0.481 e. The van der Waals surface area contributed by atoms with E-state index in [-0.39, 0.29) is 12.3 Å². The Morgan fingerprint density at radius 1 is 0.784 bits per heavy atom. The number of unbranched alkanes of at least 4 members (excludes halogenated alkanes) is 4. The van der Waals surface area contributed by atoms with E-state index in [4.69, 9.17) is 5.73 Å². The van der Waals surface area contributed by atoms with Crippen molar-refractivity contribution in [1.29, 1.82) is 0 Å². The van der Waals surface area contributed by atoms with E-state index in [0.717, 1.165) is 44.9 Å². The van der Waals surface area contributed by atoms with Gasteiger partial charge in [-0.05, 0) is 99.6 Å². The number of allylic oxidation sites excluding steroid dienone is 2. The Morgan fingerprint density at radius 3 is 2.03 bits per heavy atom. The average molecular weight is 506 g/mol. The number of aryl methyl sites for hydroxylation is 2. The zero-order valence-corrected chi connectivity index (χ0v) is 23.2. The van der Waals surface area contributed by atoms with Crippen LogP contribution in [0.25, 0.3) is 0 Å². The topological polar surface area (TPSA) is 63.3 Å². The van der Waals surface area contributed by atoms with E-state index in [1.165, 1.54) is 49.7 Å². The molecule has 0 fully saturated rings. The van der Waals surface area contributed by atoms with Gasteiger partial charge in [0.1, 0.15) is 0 Å². The third kappa shape index (κ3) is 14.2. The summed E-state index contributed by atoms with van der Waals surface area (Å²) in [6.07, 6.45) is 19.8. The first-order valence-corrected chi connectivity index (χ1v) is 14.8. The summed E-state index contributed by atoms with van der Waals surface area (Å²) in [5, 5.41) is 9.67.